The first-order valence-corrected chi connectivity index (χ1v) is 8.46. The van der Waals surface area contributed by atoms with Gasteiger partial charge in [0.15, 0.2) is 5.11 Å². The summed E-state index contributed by atoms with van der Waals surface area (Å²) < 4.78 is 0. The molecule has 1 aromatic heterocycles. The monoisotopic (exact) mass is 331 g/mol. The lowest BCUT2D eigenvalue weighted by atomic mass is 10.1. The lowest BCUT2D eigenvalue weighted by Crippen LogP contribution is -2.32. The summed E-state index contributed by atoms with van der Waals surface area (Å²) in [6.45, 7) is 4.46. The summed E-state index contributed by atoms with van der Waals surface area (Å²) in [7, 11) is 0. The van der Waals surface area contributed by atoms with Crippen LogP contribution in [0.5, 0.6) is 0 Å². The van der Waals surface area contributed by atoms with Gasteiger partial charge in [-0.3, -0.25) is 9.69 Å². The number of thiocarbonyl (C=S) groups is 1. The Labute approximate surface area is 139 Å². The number of carbonyl (C=O) groups excluding carboxylic acids is 1. The summed E-state index contributed by atoms with van der Waals surface area (Å²) in [5.74, 6) is 0.0552. The number of aryl methyl sites for hydroxylation is 1. The Hall–Kier alpha value is -1.79. The zero-order chi connectivity index (χ0) is 15.7. The molecule has 1 aliphatic heterocycles. The third-order valence-electron chi connectivity index (χ3n) is 3.71. The first-order valence-electron chi connectivity index (χ1n) is 7.18. The first-order chi connectivity index (χ1) is 10.5. The van der Waals surface area contributed by atoms with Crippen LogP contribution >= 0.6 is 23.6 Å². The fourth-order valence-corrected chi connectivity index (χ4v) is 3.43. The number of amides is 1. The van der Waals surface area contributed by atoms with Crippen LogP contribution in [0.2, 0.25) is 0 Å². The molecule has 0 bridgehead atoms. The molecular weight excluding hydrogens is 314 g/mol. The van der Waals surface area contributed by atoms with Crippen LogP contribution in [0.15, 0.2) is 29.6 Å². The SMILES string of the molecule is Cc1nc(-c2ccc(CCN3C(=O)C(C)NC3=S)cc2)cs1. The third-order valence-corrected chi connectivity index (χ3v) is 4.83. The molecule has 1 saturated heterocycles. The number of hydrogen-bond donors (Lipinski definition) is 1. The summed E-state index contributed by atoms with van der Waals surface area (Å²) in [4.78, 5) is 18.1. The summed E-state index contributed by atoms with van der Waals surface area (Å²) >= 11 is 6.84. The Kier molecular flexibility index (Phi) is 4.22. The number of carbonyl (C=O) groups is 1. The summed E-state index contributed by atoms with van der Waals surface area (Å²) in [6, 6.07) is 8.13. The van der Waals surface area contributed by atoms with Crippen molar-refractivity contribution in [1.29, 1.82) is 0 Å². The minimum Gasteiger partial charge on any atom is -0.351 e. The molecule has 2 aromatic rings. The smallest absolute Gasteiger partial charge is 0.251 e. The molecule has 6 heteroatoms. The van der Waals surface area contributed by atoms with Gasteiger partial charge in [0.05, 0.1) is 10.7 Å². The highest BCUT2D eigenvalue weighted by Crippen LogP contribution is 2.22. The number of benzene rings is 1. The van der Waals surface area contributed by atoms with Gasteiger partial charge in [-0.05, 0) is 38.0 Å². The van der Waals surface area contributed by atoms with Gasteiger partial charge in [0, 0.05) is 17.5 Å². The standard InChI is InChI=1S/C16H17N3OS2/c1-10-15(20)19(16(21)17-10)8-7-12-3-5-13(6-4-12)14-9-22-11(2)18-14/h3-6,9-10H,7-8H2,1-2H3,(H,17,21). The van der Waals surface area contributed by atoms with Crippen LogP contribution in [0, 0.1) is 6.92 Å². The minimum atomic E-state index is -0.206. The summed E-state index contributed by atoms with van der Waals surface area (Å²) in [5, 5.41) is 6.66. The maximum atomic E-state index is 11.9. The van der Waals surface area contributed by atoms with E-state index in [2.05, 4.69) is 39.9 Å². The molecule has 0 radical (unpaired) electrons. The summed E-state index contributed by atoms with van der Waals surface area (Å²) in [6.07, 6.45) is 0.788. The van der Waals surface area contributed by atoms with Crippen LogP contribution in [-0.2, 0) is 11.2 Å². The van der Waals surface area contributed by atoms with Crippen molar-refractivity contribution >= 4 is 34.6 Å². The van der Waals surface area contributed by atoms with E-state index in [1.165, 1.54) is 5.56 Å². The molecule has 1 aromatic carbocycles. The molecule has 1 aliphatic rings. The van der Waals surface area contributed by atoms with Crippen LogP contribution < -0.4 is 5.32 Å². The van der Waals surface area contributed by atoms with Gasteiger partial charge in [0.2, 0.25) is 0 Å². The molecule has 1 atom stereocenters. The zero-order valence-electron chi connectivity index (χ0n) is 12.5. The van der Waals surface area contributed by atoms with E-state index < -0.39 is 0 Å². The van der Waals surface area contributed by atoms with Crippen molar-refractivity contribution in [2.24, 2.45) is 0 Å². The molecule has 0 saturated carbocycles. The highest BCUT2D eigenvalue weighted by molar-refractivity contribution is 7.80. The average Bonchev–Trinajstić information content (AvgIpc) is 3.03. The van der Waals surface area contributed by atoms with Crippen molar-refractivity contribution in [3.05, 3.63) is 40.2 Å². The molecule has 4 nitrogen and oxygen atoms in total. The highest BCUT2D eigenvalue weighted by atomic mass is 32.1. The van der Waals surface area contributed by atoms with E-state index >= 15 is 0 Å². The fourth-order valence-electron chi connectivity index (χ4n) is 2.45. The average molecular weight is 331 g/mol. The molecular formula is C16H17N3OS2. The molecule has 22 heavy (non-hydrogen) atoms. The van der Waals surface area contributed by atoms with Gasteiger partial charge in [-0.15, -0.1) is 11.3 Å². The second-order valence-electron chi connectivity index (χ2n) is 5.36. The second-order valence-corrected chi connectivity index (χ2v) is 6.81. The predicted molar refractivity (Wildman–Crippen MR) is 92.9 cm³/mol. The molecule has 3 rings (SSSR count). The van der Waals surface area contributed by atoms with E-state index in [-0.39, 0.29) is 11.9 Å². The van der Waals surface area contributed by atoms with Crippen LogP contribution in [-0.4, -0.2) is 33.5 Å². The largest absolute Gasteiger partial charge is 0.351 e. The number of nitrogens with one attached hydrogen (secondary N) is 1. The van der Waals surface area contributed by atoms with E-state index in [9.17, 15) is 4.79 Å². The van der Waals surface area contributed by atoms with Gasteiger partial charge in [-0.1, -0.05) is 24.3 Å². The molecule has 1 amide bonds. The Bertz CT molecular complexity index is 708. The number of rotatable bonds is 4. The molecule has 1 fully saturated rings. The maximum Gasteiger partial charge on any atom is 0.251 e. The molecule has 0 aliphatic carbocycles. The van der Waals surface area contributed by atoms with Crippen molar-refractivity contribution in [2.75, 3.05) is 6.54 Å². The van der Waals surface area contributed by atoms with E-state index in [4.69, 9.17) is 12.2 Å². The van der Waals surface area contributed by atoms with Crippen LogP contribution in [0.1, 0.15) is 17.5 Å². The Balaban J connectivity index is 1.64. The van der Waals surface area contributed by atoms with Gasteiger partial charge in [-0.2, -0.15) is 0 Å². The van der Waals surface area contributed by atoms with Gasteiger partial charge in [-0.25, -0.2) is 4.98 Å². The maximum absolute atomic E-state index is 11.9. The van der Waals surface area contributed by atoms with Crippen LogP contribution in [0.3, 0.4) is 0 Å². The third kappa shape index (κ3) is 3.03. The Morgan fingerprint density at radius 2 is 2.09 bits per heavy atom. The van der Waals surface area contributed by atoms with E-state index in [0.29, 0.717) is 11.7 Å². The number of hydrogen-bond acceptors (Lipinski definition) is 4. The van der Waals surface area contributed by atoms with Gasteiger partial charge in [0.1, 0.15) is 6.04 Å². The molecule has 1 unspecified atom stereocenters. The quantitative estimate of drug-likeness (QED) is 0.875. The van der Waals surface area contributed by atoms with E-state index in [1.807, 2.05) is 13.8 Å². The highest BCUT2D eigenvalue weighted by Gasteiger charge is 2.31. The molecule has 0 spiro atoms. The van der Waals surface area contributed by atoms with Crippen molar-refractivity contribution in [3.63, 3.8) is 0 Å². The van der Waals surface area contributed by atoms with Crippen LogP contribution in [0.25, 0.3) is 11.3 Å². The van der Waals surface area contributed by atoms with Crippen molar-refractivity contribution in [1.82, 2.24) is 15.2 Å². The van der Waals surface area contributed by atoms with Crippen molar-refractivity contribution < 1.29 is 4.79 Å². The normalized spacial score (nSPS) is 17.9. The van der Waals surface area contributed by atoms with Gasteiger partial charge >= 0.3 is 0 Å². The van der Waals surface area contributed by atoms with Gasteiger partial charge in [0.25, 0.3) is 5.91 Å². The van der Waals surface area contributed by atoms with E-state index in [1.54, 1.807) is 16.2 Å². The fraction of sp³-hybridized carbons (Fsp3) is 0.312. The first kappa shape index (κ1) is 15.1. The van der Waals surface area contributed by atoms with Crippen molar-refractivity contribution in [3.8, 4) is 11.3 Å². The lowest BCUT2D eigenvalue weighted by Gasteiger charge is -2.14. The molecule has 2 heterocycles. The Morgan fingerprint density at radius 3 is 2.64 bits per heavy atom. The molecule has 114 valence electrons. The second kappa shape index (κ2) is 6.14. The zero-order valence-corrected chi connectivity index (χ0v) is 14.1. The minimum absolute atomic E-state index is 0.0552. The van der Waals surface area contributed by atoms with E-state index in [0.717, 1.165) is 22.7 Å². The lowest BCUT2D eigenvalue weighted by molar-refractivity contribution is -0.126. The van der Waals surface area contributed by atoms with Crippen LogP contribution in [0.4, 0.5) is 0 Å². The summed E-state index contributed by atoms with van der Waals surface area (Å²) in [5.41, 5.74) is 3.32. The van der Waals surface area contributed by atoms with Gasteiger partial charge < -0.3 is 5.32 Å². The molecule has 1 N–H and O–H groups in total. The number of aromatic nitrogens is 1. The topological polar surface area (TPSA) is 45.2 Å². The number of nitrogens with zero attached hydrogens (tertiary/aromatic N) is 2. The number of thiazole rings is 1. The predicted octanol–water partition coefficient (Wildman–Crippen LogP) is 2.77. The van der Waals surface area contributed by atoms with Crippen molar-refractivity contribution in [2.45, 2.75) is 26.3 Å². The Morgan fingerprint density at radius 1 is 1.36 bits per heavy atom.